The van der Waals surface area contributed by atoms with Crippen molar-refractivity contribution in [3.8, 4) is 12.1 Å². The van der Waals surface area contributed by atoms with Gasteiger partial charge in [0.2, 0.25) is 5.92 Å². The zero-order valence-electron chi connectivity index (χ0n) is 18.8. The second-order valence-corrected chi connectivity index (χ2v) is 8.82. The van der Waals surface area contributed by atoms with Crippen LogP contribution in [-0.4, -0.2) is 31.6 Å². The Morgan fingerprint density at radius 3 is 1.45 bits per heavy atom. The summed E-state index contributed by atoms with van der Waals surface area (Å²) in [4.78, 5) is 27.5. The molecule has 2 aromatic rings. The number of hydrogen-bond donors (Lipinski definition) is 0. The molecule has 0 N–H and O–H groups in total. The third-order valence-electron chi connectivity index (χ3n) is 6.59. The van der Waals surface area contributed by atoms with Crippen LogP contribution in [-0.2, 0) is 15.6 Å². The number of halogens is 2. The van der Waals surface area contributed by atoms with Gasteiger partial charge in [-0.3, -0.25) is 4.79 Å². The second kappa shape index (κ2) is 9.66. The molecule has 2 aromatic heterocycles. The van der Waals surface area contributed by atoms with Gasteiger partial charge >= 0.3 is 0 Å². The fourth-order valence-corrected chi connectivity index (χ4v) is 4.21. The Labute approximate surface area is 191 Å². The molecule has 2 aliphatic carbocycles. The number of hydrogen-bond acceptors (Lipinski definition) is 7. The van der Waals surface area contributed by atoms with Crippen LogP contribution in [0.1, 0.15) is 74.1 Å². The minimum Gasteiger partial charge on any atom is -0.300 e. The number of rotatable bonds is 2. The fourth-order valence-electron chi connectivity index (χ4n) is 4.21. The monoisotopic (exact) mass is 452 g/mol. The van der Waals surface area contributed by atoms with Crippen LogP contribution in [0.5, 0.6) is 0 Å². The molecule has 0 radical (unpaired) electrons. The van der Waals surface area contributed by atoms with Crippen LogP contribution in [0.15, 0.2) is 24.8 Å². The molecule has 0 bridgehead atoms. The maximum Gasteiger partial charge on any atom is 0.248 e. The molecule has 2 heterocycles. The summed E-state index contributed by atoms with van der Waals surface area (Å²) in [6.45, 7) is 3.56. The summed E-state index contributed by atoms with van der Waals surface area (Å²) in [7, 11) is 0. The summed E-state index contributed by atoms with van der Waals surface area (Å²) >= 11 is 0. The van der Waals surface area contributed by atoms with Gasteiger partial charge in [-0.2, -0.15) is 10.5 Å². The maximum absolute atomic E-state index is 13.1. The van der Waals surface area contributed by atoms with Crippen LogP contribution in [0, 0.1) is 36.5 Å². The number of aryl methyl sites for hydroxylation is 2. The molecule has 0 unspecified atom stereocenters. The minimum atomic E-state index is -2.63. The summed E-state index contributed by atoms with van der Waals surface area (Å²) < 4.78 is 26.2. The molecule has 2 aliphatic rings. The van der Waals surface area contributed by atoms with Crippen LogP contribution in [0.3, 0.4) is 0 Å². The molecule has 0 aliphatic heterocycles. The summed E-state index contributed by atoms with van der Waals surface area (Å²) in [5, 5.41) is 18.6. The predicted molar refractivity (Wildman–Crippen MR) is 115 cm³/mol. The second-order valence-electron chi connectivity index (χ2n) is 8.82. The van der Waals surface area contributed by atoms with Gasteiger partial charge in [0.25, 0.3) is 0 Å². The lowest BCUT2D eigenvalue weighted by Crippen LogP contribution is -2.35. The van der Waals surface area contributed by atoms with E-state index in [0.717, 1.165) is 5.56 Å². The first-order chi connectivity index (χ1) is 15.6. The number of nitriles is 2. The lowest BCUT2D eigenvalue weighted by Gasteiger charge is -2.34. The van der Waals surface area contributed by atoms with Gasteiger partial charge < -0.3 is 0 Å². The average Bonchev–Trinajstić information content (AvgIpc) is 2.82. The Morgan fingerprint density at radius 2 is 1.09 bits per heavy atom. The Kier molecular flexibility index (Phi) is 7.12. The minimum absolute atomic E-state index is 0.170. The number of ketones is 1. The van der Waals surface area contributed by atoms with Crippen LogP contribution in [0.4, 0.5) is 8.78 Å². The molecule has 7 nitrogen and oxygen atoms in total. The molecule has 0 atom stereocenters. The molecule has 2 saturated carbocycles. The third kappa shape index (κ3) is 5.54. The van der Waals surface area contributed by atoms with Gasteiger partial charge in [-0.15, -0.1) is 0 Å². The average molecular weight is 453 g/mol. The standard InChI is InChI=1S/C12H13F2N3.C12H13N3O/c1-9-16-6-10(7-17-9)11(8-15)2-4-12(13,14)5-3-11;1-9-14-6-10(7-15-9)12(8-13)4-2-11(16)3-5-12/h6-7H,2-5H2,1H3;6-7H,2-5H2,1H3. The van der Waals surface area contributed by atoms with Gasteiger partial charge in [0.1, 0.15) is 17.4 Å². The Morgan fingerprint density at radius 1 is 0.727 bits per heavy atom. The SMILES string of the molecule is Cc1ncc(C2(C#N)CCC(=O)CC2)cn1.Cc1ncc(C2(C#N)CCC(F)(F)CC2)cn1. The van der Waals surface area contributed by atoms with Crippen LogP contribution in [0.25, 0.3) is 0 Å². The molecule has 0 saturated heterocycles. The van der Waals surface area contributed by atoms with Crippen LogP contribution in [0.2, 0.25) is 0 Å². The van der Waals surface area contributed by atoms with E-state index in [1.54, 1.807) is 31.7 Å². The van der Waals surface area contributed by atoms with E-state index in [2.05, 4.69) is 32.1 Å². The summed E-state index contributed by atoms with van der Waals surface area (Å²) in [6.07, 6.45) is 8.59. The van der Waals surface area contributed by atoms with E-state index < -0.39 is 16.8 Å². The molecule has 9 heteroatoms. The van der Waals surface area contributed by atoms with E-state index in [1.165, 1.54) is 0 Å². The van der Waals surface area contributed by atoms with Crippen molar-refractivity contribution in [2.45, 2.75) is 82.0 Å². The van der Waals surface area contributed by atoms with E-state index >= 15 is 0 Å². The van der Waals surface area contributed by atoms with Crippen molar-refractivity contribution < 1.29 is 13.6 Å². The van der Waals surface area contributed by atoms with Crippen molar-refractivity contribution in [3.05, 3.63) is 47.6 Å². The summed E-state index contributed by atoms with van der Waals surface area (Å²) in [6, 6.07) is 4.52. The molecule has 172 valence electrons. The lowest BCUT2D eigenvalue weighted by molar-refractivity contribution is -0.121. The van der Waals surface area contributed by atoms with Crippen molar-refractivity contribution in [1.29, 1.82) is 10.5 Å². The lowest BCUT2D eigenvalue weighted by atomic mass is 9.70. The van der Waals surface area contributed by atoms with Gasteiger partial charge in [0.15, 0.2) is 0 Å². The van der Waals surface area contributed by atoms with Crippen LogP contribution < -0.4 is 0 Å². The van der Waals surface area contributed by atoms with Crippen molar-refractivity contribution in [3.63, 3.8) is 0 Å². The molecule has 0 amide bonds. The highest BCUT2D eigenvalue weighted by molar-refractivity contribution is 5.80. The highest BCUT2D eigenvalue weighted by Crippen LogP contribution is 2.44. The molecule has 4 rings (SSSR count). The highest BCUT2D eigenvalue weighted by atomic mass is 19.3. The van der Waals surface area contributed by atoms with Gasteiger partial charge in [0, 0.05) is 61.6 Å². The first-order valence-corrected chi connectivity index (χ1v) is 10.9. The largest absolute Gasteiger partial charge is 0.300 e. The van der Waals surface area contributed by atoms with Crippen molar-refractivity contribution in [2.75, 3.05) is 0 Å². The van der Waals surface area contributed by atoms with E-state index in [4.69, 9.17) is 0 Å². The van der Waals surface area contributed by atoms with E-state index in [9.17, 15) is 24.1 Å². The van der Waals surface area contributed by atoms with E-state index in [1.807, 2.05) is 6.92 Å². The summed E-state index contributed by atoms with van der Waals surface area (Å²) in [5.41, 5.74) is 0.103. The number of Topliss-reactive ketones (excluding diaryl/α,β-unsaturated/α-hetero) is 1. The molecule has 33 heavy (non-hydrogen) atoms. The molecule has 0 spiro atoms. The molecular weight excluding hydrogens is 426 g/mol. The number of carbonyl (C=O) groups excluding carboxylic acids is 1. The molecule has 2 fully saturated rings. The van der Waals surface area contributed by atoms with E-state index in [0.29, 0.717) is 42.9 Å². The first kappa shape index (κ1) is 24.3. The van der Waals surface area contributed by atoms with Crippen molar-refractivity contribution >= 4 is 5.78 Å². The normalized spacial score (nSPS) is 20.5. The highest BCUT2D eigenvalue weighted by Gasteiger charge is 2.45. The quantitative estimate of drug-likeness (QED) is 0.661. The fraction of sp³-hybridized carbons (Fsp3) is 0.542. The Balaban J connectivity index is 0.000000186. The van der Waals surface area contributed by atoms with Crippen molar-refractivity contribution in [2.24, 2.45) is 0 Å². The number of alkyl halides is 2. The van der Waals surface area contributed by atoms with Crippen molar-refractivity contribution in [1.82, 2.24) is 19.9 Å². The smallest absolute Gasteiger partial charge is 0.248 e. The van der Waals surface area contributed by atoms with Gasteiger partial charge in [-0.25, -0.2) is 28.7 Å². The Hall–Kier alpha value is -3.33. The van der Waals surface area contributed by atoms with Gasteiger partial charge in [-0.05, 0) is 39.5 Å². The zero-order valence-corrected chi connectivity index (χ0v) is 18.8. The number of aromatic nitrogens is 4. The third-order valence-corrected chi connectivity index (χ3v) is 6.59. The number of carbonyl (C=O) groups is 1. The van der Waals surface area contributed by atoms with Crippen LogP contribution >= 0.6 is 0 Å². The number of nitrogens with zero attached hydrogens (tertiary/aromatic N) is 6. The van der Waals surface area contributed by atoms with Gasteiger partial charge in [-0.1, -0.05) is 0 Å². The molecular formula is C24H26F2N6O. The zero-order chi connectivity index (χ0) is 24.1. The Bertz CT molecular complexity index is 1050. The van der Waals surface area contributed by atoms with Gasteiger partial charge in [0.05, 0.1) is 23.0 Å². The summed E-state index contributed by atoms with van der Waals surface area (Å²) in [5.74, 6) is -1.07. The predicted octanol–water partition coefficient (Wildman–Crippen LogP) is 4.45. The molecule has 0 aromatic carbocycles. The van der Waals surface area contributed by atoms with E-state index in [-0.39, 0.29) is 31.5 Å². The maximum atomic E-state index is 13.1. The first-order valence-electron chi connectivity index (χ1n) is 10.9. The topological polar surface area (TPSA) is 116 Å².